The predicted molar refractivity (Wildman–Crippen MR) is 61.2 cm³/mol. The fourth-order valence-electron chi connectivity index (χ4n) is 1.35. The van der Waals surface area contributed by atoms with Gasteiger partial charge in [-0.1, -0.05) is 0 Å². The summed E-state index contributed by atoms with van der Waals surface area (Å²) in [5.41, 5.74) is 2.14. The van der Waals surface area contributed by atoms with Crippen molar-refractivity contribution in [2.24, 2.45) is 0 Å². The first-order chi connectivity index (χ1) is 7.19. The Morgan fingerprint density at radius 1 is 1.27 bits per heavy atom. The molecule has 0 amide bonds. The number of hydrogen-bond donors (Lipinski definition) is 1. The van der Waals surface area contributed by atoms with E-state index >= 15 is 0 Å². The molecule has 1 aromatic heterocycles. The molecule has 0 unspecified atom stereocenters. The van der Waals surface area contributed by atoms with Crippen LogP contribution in [0.2, 0.25) is 0 Å². The third-order valence-corrected chi connectivity index (χ3v) is 2.35. The molecule has 0 bridgehead atoms. The smallest absolute Gasteiger partial charge is 0.133 e. The van der Waals surface area contributed by atoms with E-state index in [9.17, 15) is 0 Å². The van der Waals surface area contributed by atoms with Crippen LogP contribution >= 0.6 is 0 Å². The highest BCUT2D eigenvalue weighted by Gasteiger charge is 2.06. The summed E-state index contributed by atoms with van der Waals surface area (Å²) in [4.78, 5) is 8.84. The molecule has 0 saturated heterocycles. The van der Waals surface area contributed by atoms with Gasteiger partial charge >= 0.3 is 0 Å². The lowest BCUT2D eigenvalue weighted by Gasteiger charge is -2.09. The van der Waals surface area contributed by atoms with Crippen LogP contribution in [0.5, 0.6) is 0 Å². The van der Waals surface area contributed by atoms with Gasteiger partial charge in [-0.05, 0) is 20.8 Å². The van der Waals surface area contributed by atoms with Gasteiger partial charge in [-0.2, -0.15) is 0 Å². The van der Waals surface area contributed by atoms with Crippen molar-refractivity contribution in [2.45, 2.75) is 27.2 Å². The van der Waals surface area contributed by atoms with E-state index in [0.29, 0.717) is 6.61 Å². The molecule has 0 saturated carbocycles. The van der Waals surface area contributed by atoms with E-state index in [1.54, 1.807) is 0 Å². The Bertz CT molecular complexity index is 326. The maximum absolute atomic E-state index is 5.28. The van der Waals surface area contributed by atoms with Crippen LogP contribution in [-0.2, 0) is 11.2 Å². The highest BCUT2D eigenvalue weighted by atomic mass is 16.5. The number of ether oxygens (including phenoxy) is 1. The summed E-state index contributed by atoms with van der Waals surface area (Å²) in [7, 11) is 1.88. The van der Waals surface area contributed by atoms with Crippen molar-refractivity contribution < 1.29 is 4.74 Å². The largest absolute Gasteiger partial charge is 0.381 e. The fourth-order valence-corrected chi connectivity index (χ4v) is 1.35. The van der Waals surface area contributed by atoms with Gasteiger partial charge in [0.15, 0.2) is 0 Å². The summed E-state index contributed by atoms with van der Waals surface area (Å²) in [6.45, 7) is 7.43. The topological polar surface area (TPSA) is 47.0 Å². The molecule has 15 heavy (non-hydrogen) atoms. The van der Waals surface area contributed by atoms with E-state index in [0.717, 1.165) is 35.9 Å². The molecular formula is C11H19N3O. The van der Waals surface area contributed by atoms with E-state index in [1.807, 2.05) is 27.8 Å². The molecule has 1 heterocycles. The quantitative estimate of drug-likeness (QED) is 0.750. The van der Waals surface area contributed by atoms with Crippen molar-refractivity contribution in [1.82, 2.24) is 9.97 Å². The average molecular weight is 209 g/mol. The van der Waals surface area contributed by atoms with Crippen molar-refractivity contribution >= 4 is 5.82 Å². The Hall–Kier alpha value is -1.16. The summed E-state index contributed by atoms with van der Waals surface area (Å²) in [6, 6.07) is 0. The predicted octanol–water partition coefficient (Wildman–Crippen LogP) is 1.71. The third kappa shape index (κ3) is 3.16. The standard InChI is InChI=1S/C11H19N3O/c1-5-15-7-6-10-13-9(3)8(2)11(12-4)14-10/h5-7H2,1-4H3,(H,12,13,14). The number of rotatable bonds is 5. The first kappa shape index (κ1) is 11.9. The van der Waals surface area contributed by atoms with Crippen LogP contribution in [0.3, 0.4) is 0 Å². The van der Waals surface area contributed by atoms with E-state index in [1.165, 1.54) is 0 Å². The number of aromatic nitrogens is 2. The monoisotopic (exact) mass is 209 g/mol. The van der Waals surface area contributed by atoms with Gasteiger partial charge in [0.25, 0.3) is 0 Å². The number of nitrogens with zero attached hydrogens (tertiary/aromatic N) is 2. The minimum absolute atomic E-state index is 0.683. The Labute approximate surface area is 91.1 Å². The van der Waals surface area contributed by atoms with Gasteiger partial charge in [0.1, 0.15) is 11.6 Å². The number of aryl methyl sites for hydroxylation is 1. The van der Waals surface area contributed by atoms with Gasteiger partial charge in [-0.25, -0.2) is 9.97 Å². The lowest BCUT2D eigenvalue weighted by Crippen LogP contribution is -2.08. The molecule has 4 nitrogen and oxygen atoms in total. The Kier molecular flexibility index (Phi) is 4.49. The summed E-state index contributed by atoms with van der Waals surface area (Å²) in [5, 5.41) is 3.07. The number of nitrogens with one attached hydrogen (secondary N) is 1. The molecule has 1 N–H and O–H groups in total. The van der Waals surface area contributed by atoms with Gasteiger partial charge < -0.3 is 10.1 Å². The second kappa shape index (κ2) is 5.66. The van der Waals surface area contributed by atoms with Crippen molar-refractivity contribution in [3.8, 4) is 0 Å². The van der Waals surface area contributed by atoms with E-state index in [-0.39, 0.29) is 0 Å². The van der Waals surface area contributed by atoms with Gasteiger partial charge in [-0.3, -0.25) is 0 Å². The van der Waals surface area contributed by atoms with Crippen LogP contribution < -0.4 is 5.32 Å². The minimum Gasteiger partial charge on any atom is -0.381 e. The third-order valence-electron chi connectivity index (χ3n) is 2.35. The Morgan fingerprint density at radius 2 is 2.00 bits per heavy atom. The first-order valence-electron chi connectivity index (χ1n) is 5.28. The average Bonchev–Trinajstić information content (AvgIpc) is 2.23. The lowest BCUT2D eigenvalue weighted by molar-refractivity contribution is 0.149. The molecule has 84 valence electrons. The van der Waals surface area contributed by atoms with Gasteiger partial charge in [0.2, 0.25) is 0 Å². The zero-order valence-electron chi connectivity index (χ0n) is 9.92. The summed E-state index contributed by atoms with van der Waals surface area (Å²) >= 11 is 0. The lowest BCUT2D eigenvalue weighted by atomic mass is 10.2. The van der Waals surface area contributed by atoms with Gasteiger partial charge in [0.05, 0.1) is 6.61 Å². The van der Waals surface area contributed by atoms with Crippen molar-refractivity contribution in [1.29, 1.82) is 0 Å². The van der Waals surface area contributed by atoms with Crippen molar-refractivity contribution in [2.75, 3.05) is 25.6 Å². The first-order valence-corrected chi connectivity index (χ1v) is 5.28. The van der Waals surface area contributed by atoms with Crippen LogP contribution in [0, 0.1) is 13.8 Å². The van der Waals surface area contributed by atoms with Gasteiger partial charge in [-0.15, -0.1) is 0 Å². The molecule has 0 aliphatic heterocycles. The maximum atomic E-state index is 5.28. The van der Waals surface area contributed by atoms with E-state index < -0.39 is 0 Å². The number of anilines is 1. The minimum atomic E-state index is 0.683. The molecule has 0 spiro atoms. The summed E-state index contributed by atoms with van der Waals surface area (Å²) in [5.74, 6) is 1.75. The number of hydrogen-bond acceptors (Lipinski definition) is 4. The van der Waals surface area contributed by atoms with Gasteiger partial charge in [0, 0.05) is 31.3 Å². The molecule has 1 rings (SSSR count). The van der Waals surface area contributed by atoms with Crippen LogP contribution in [-0.4, -0.2) is 30.2 Å². The second-order valence-corrected chi connectivity index (χ2v) is 3.40. The molecule has 0 aliphatic carbocycles. The highest BCUT2D eigenvalue weighted by Crippen LogP contribution is 2.13. The van der Waals surface area contributed by atoms with Crippen LogP contribution in [0.25, 0.3) is 0 Å². The Morgan fingerprint density at radius 3 is 2.60 bits per heavy atom. The van der Waals surface area contributed by atoms with Crippen LogP contribution in [0.1, 0.15) is 24.0 Å². The normalized spacial score (nSPS) is 10.4. The molecule has 0 radical (unpaired) electrons. The molecule has 1 aromatic rings. The molecule has 0 atom stereocenters. The van der Waals surface area contributed by atoms with E-state index in [4.69, 9.17) is 4.74 Å². The van der Waals surface area contributed by atoms with Crippen LogP contribution in [0.15, 0.2) is 0 Å². The second-order valence-electron chi connectivity index (χ2n) is 3.40. The van der Waals surface area contributed by atoms with E-state index in [2.05, 4.69) is 15.3 Å². The molecule has 0 fully saturated rings. The zero-order chi connectivity index (χ0) is 11.3. The summed E-state index contributed by atoms with van der Waals surface area (Å²) < 4.78 is 5.28. The molecular weight excluding hydrogens is 190 g/mol. The van der Waals surface area contributed by atoms with Crippen LogP contribution in [0.4, 0.5) is 5.82 Å². The fraction of sp³-hybridized carbons (Fsp3) is 0.636. The molecule has 0 aromatic carbocycles. The Balaban J connectivity index is 2.77. The molecule has 0 aliphatic rings. The van der Waals surface area contributed by atoms with Crippen molar-refractivity contribution in [3.05, 3.63) is 17.1 Å². The SMILES string of the molecule is CCOCCc1nc(C)c(C)c(NC)n1. The van der Waals surface area contributed by atoms with Crippen molar-refractivity contribution in [3.63, 3.8) is 0 Å². The summed E-state index contributed by atoms with van der Waals surface area (Å²) in [6.07, 6.45) is 0.768. The maximum Gasteiger partial charge on any atom is 0.133 e. The zero-order valence-corrected chi connectivity index (χ0v) is 9.92. The highest BCUT2D eigenvalue weighted by molar-refractivity contribution is 5.44. The molecule has 4 heteroatoms.